The molecule has 0 bridgehead atoms. The molecule has 0 heterocycles. The van der Waals surface area contributed by atoms with Gasteiger partial charge in [-0.15, -0.1) is 0 Å². The van der Waals surface area contributed by atoms with Crippen LogP contribution < -0.4 is 20.7 Å². The van der Waals surface area contributed by atoms with E-state index in [1.165, 1.54) is 10.5 Å². The standard InChI is InChI=1S/C24H33N5O3/c1-25-23(31)20-7-5-6-19(16-20)13-15-27-24(28-17-22(30)29(2)3)26-14-12-18-8-10-21(32-4)11-9-18/h5-11,16H,12-15,17H2,1-4H3,(H,25,31)(H2,26,27,28). The van der Waals surface area contributed by atoms with Gasteiger partial charge in [0.15, 0.2) is 5.96 Å². The first-order chi connectivity index (χ1) is 15.4. The molecule has 0 saturated carbocycles. The molecule has 0 spiro atoms. The monoisotopic (exact) mass is 439 g/mol. The lowest BCUT2D eigenvalue weighted by atomic mass is 10.1. The molecule has 0 radical (unpaired) electrons. The zero-order valence-electron chi connectivity index (χ0n) is 19.3. The van der Waals surface area contributed by atoms with E-state index in [0.29, 0.717) is 31.0 Å². The van der Waals surface area contributed by atoms with Crippen molar-refractivity contribution in [2.45, 2.75) is 12.8 Å². The largest absolute Gasteiger partial charge is 0.497 e. The number of carbonyl (C=O) groups is 2. The van der Waals surface area contributed by atoms with Gasteiger partial charge in [-0.25, -0.2) is 4.99 Å². The van der Waals surface area contributed by atoms with Crippen molar-refractivity contribution < 1.29 is 14.3 Å². The highest BCUT2D eigenvalue weighted by molar-refractivity contribution is 5.94. The first-order valence-electron chi connectivity index (χ1n) is 10.6. The molecule has 0 aliphatic carbocycles. The van der Waals surface area contributed by atoms with Crippen molar-refractivity contribution >= 4 is 17.8 Å². The summed E-state index contributed by atoms with van der Waals surface area (Å²) in [7, 11) is 6.68. The third-order valence-corrected chi connectivity index (χ3v) is 4.86. The number of carbonyl (C=O) groups excluding carboxylic acids is 2. The van der Waals surface area contributed by atoms with Crippen LogP contribution in [0.5, 0.6) is 5.75 Å². The second-order valence-electron chi connectivity index (χ2n) is 7.43. The smallest absolute Gasteiger partial charge is 0.251 e. The third-order valence-electron chi connectivity index (χ3n) is 4.86. The van der Waals surface area contributed by atoms with Crippen LogP contribution in [0.15, 0.2) is 53.5 Å². The molecule has 0 aliphatic rings. The number of nitrogens with one attached hydrogen (secondary N) is 3. The Bertz CT molecular complexity index is 910. The van der Waals surface area contributed by atoms with Crippen LogP contribution in [0.2, 0.25) is 0 Å². The molecule has 2 amide bonds. The molecule has 2 aromatic rings. The number of methoxy groups -OCH3 is 1. The highest BCUT2D eigenvalue weighted by Crippen LogP contribution is 2.11. The summed E-state index contributed by atoms with van der Waals surface area (Å²) < 4.78 is 5.19. The number of rotatable bonds is 10. The van der Waals surface area contributed by atoms with E-state index in [1.54, 1.807) is 34.3 Å². The van der Waals surface area contributed by atoms with Gasteiger partial charge in [0, 0.05) is 39.8 Å². The Morgan fingerprint density at radius 1 is 0.969 bits per heavy atom. The molecule has 3 N–H and O–H groups in total. The zero-order valence-corrected chi connectivity index (χ0v) is 19.3. The fraction of sp³-hybridized carbons (Fsp3) is 0.375. The van der Waals surface area contributed by atoms with Crippen LogP contribution >= 0.6 is 0 Å². The van der Waals surface area contributed by atoms with E-state index in [1.807, 2.05) is 42.5 Å². The lowest BCUT2D eigenvalue weighted by Crippen LogP contribution is -2.40. The van der Waals surface area contributed by atoms with Gasteiger partial charge in [-0.2, -0.15) is 0 Å². The van der Waals surface area contributed by atoms with Crippen molar-refractivity contribution in [3.05, 3.63) is 65.2 Å². The van der Waals surface area contributed by atoms with E-state index in [0.717, 1.165) is 17.7 Å². The number of hydrogen-bond donors (Lipinski definition) is 3. The molecule has 2 rings (SSSR count). The summed E-state index contributed by atoms with van der Waals surface area (Å²) in [6, 6.07) is 15.5. The Labute approximate surface area is 190 Å². The van der Waals surface area contributed by atoms with Gasteiger partial charge in [0.1, 0.15) is 12.3 Å². The predicted octanol–water partition coefficient (Wildman–Crippen LogP) is 1.46. The van der Waals surface area contributed by atoms with E-state index in [9.17, 15) is 9.59 Å². The van der Waals surface area contributed by atoms with Crippen LogP contribution in [-0.4, -0.2) is 70.6 Å². The molecule has 172 valence electrons. The normalized spacial score (nSPS) is 10.9. The summed E-state index contributed by atoms with van der Waals surface area (Å²) in [5, 5.41) is 9.20. The van der Waals surface area contributed by atoms with Gasteiger partial charge in [0.25, 0.3) is 5.91 Å². The summed E-state index contributed by atoms with van der Waals surface area (Å²) in [4.78, 5) is 29.7. The Morgan fingerprint density at radius 2 is 1.62 bits per heavy atom. The summed E-state index contributed by atoms with van der Waals surface area (Å²) >= 11 is 0. The molecule has 8 heteroatoms. The lowest BCUT2D eigenvalue weighted by Gasteiger charge is -2.14. The first-order valence-corrected chi connectivity index (χ1v) is 10.6. The van der Waals surface area contributed by atoms with Gasteiger partial charge in [-0.1, -0.05) is 24.3 Å². The molecule has 0 unspecified atom stereocenters. The van der Waals surface area contributed by atoms with Gasteiger partial charge in [0.2, 0.25) is 5.91 Å². The molecule has 32 heavy (non-hydrogen) atoms. The number of nitrogens with zero attached hydrogens (tertiary/aromatic N) is 2. The first kappa shape index (κ1) is 24.7. The maximum atomic E-state index is 11.9. The number of benzene rings is 2. The molecule has 0 saturated heterocycles. The fourth-order valence-electron chi connectivity index (χ4n) is 2.92. The number of likely N-dealkylation sites (N-methyl/N-ethyl adjacent to an activating group) is 1. The Balaban J connectivity index is 1.93. The second-order valence-corrected chi connectivity index (χ2v) is 7.43. The minimum absolute atomic E-state index is 0.0665. The molecule has 0 aliphatic heterocycles. The van der Waals surface area contributed by atoms with Gasteiger partial charge in [0.05, 0.1) is 7.11 Å². The van der Waals surface area contributed by atoms with Gasteiger partial charge in [-0.05, 0) is 48.2 Å². The van der Waals surface area contributed by atoms with E-state index in [2.05, 4.69) is 20.9 Å². The zero-order chi connectivity index (χ0) is 23.3. The van der Waals surface area contributed by atoms with Crippen LogP contribution in [-0.2, 0) is 17.6 Å². The molecular weight excluding hydrogens is 406 g/mol. The van der Waals surface area contributed by atoms with Crippen molar-refractivity contribution in [2.24, 2.45) is 4.99 Å². The summed E-state index contributed by atoms with van der Waals surface area (Å²) in [5.74, 6) is 1.23. The number of aliphatic imine (C=N–C) groups is 1. The highest BCUT2D eigenvalue weighted by atomic mass is 16.5. The van der Waals surface area contributed by atoms with E-state index < -0.39 is 0 Å². The Kier molecular flexibility index (Phi) is 10.0. The van der Waals surface area contributed by atoms with Crippen molar-refractivity contribution in [1.29, 1.82) is 0 Å². The van der Waals surface area contributed by atoms with E-state index >= 15 is 0 Å². The SMILES string of the molecule is CNC(=O)c1cccc(CCNC(=NCC(=O)N(C)C)NCCc2ccc(OC)cc2)c1. The number of ether oxygens (including phenoxy) is 1. The molecular formula is C24H33N5O3. The minimum Gasteiger partial charge on any atom is -0.497 e. The number of hydrogen-bond acceptors (Lipinski definition) is 4. The topological polar surface area (TPSA) is 95.1 Å². The van der Waals surface area contributed by atoms with Crippen LogP contribution in [0.4, 0.5) is 0 Å². The fourth-order valence-corrected chi connectivity index (χ4v) is 2.92. The van der Waals surface area contributed by atoms with Crippen LogP contribution in [0, 0.1) is 0 Å². The van der Waals surface area contributed by atoms with Crippen LogP contribution in [0.25, 0.3) is 0 Å². The minimum atomic E-state index is -0.107. The molecule has 2 aromatic carbocycles. The number of guanidine groups is 1. The van der Waals surface area contributed by atoms with Crippen molar-refractivity contribution in [2.75, 3.05) is 47.9 Å². The Morgan fingerprint density at radius 3 is 2.22 bits per heavy atom. The van der Waals surface area contributed by atoms with Crippen molar-refractivity contribution in [1.82, 2.24) is 20.9 Å². The molecule has 8 nitrogen and oxygen atoms in total. The van der Waals surface area contributed by atoms with Gasteiger partial charge >= 0.3 is 0 Å². The quantitative estimate of drug-likeness (QED) is 0.385. The van der Waals surface area contributed by atoms with Crippen molar-refractivity contribution in [3.63, 3.8) is 0 Å². The molecule has 0 fully saturated rings. The summed E-state index contributed by atoms with van der Waals surface area (Å²) in [5.41, 5.74) is 2.85. The predicted molar refractivity (Wildman–Crippen MR) is 127 cm³/mol. The highest BCUT2D eigenvalue weighted by Gasteiger charge is 2.06. The maximum absolute atomic E-state index is 11.9. The van der Waals surface area contributed by atoms with Gasteiger partial charge < -0.3 is 25.6 Å². The average Bonchev–Trinajstić information content (AvgIpc) is 2.81. The number of amides is 2. The second kappa shape index (κ2) is 13.0. The van der Waals surface area contributed by atoms with Crippen LogP contribution in [0.3, 0.4) is 0 Å². The third kappa shape index (κ3) is 8.29. The summed E-state index contributed by atoms with van der Waals surface area (Å²) in [6.45, 7) is 1.35. The van der Waals surface area contributed by atoms with Gasteiger partial charge in [-0.3, -0.25) is 9.59 Å². The Hall–Kier alpha value is -3.55. The van der Waals surface area contributed by atoms with E-state index in [-0.39, 0.29) is 18.4 Å². The van der Waals surface area contributed by atoms with Crippen molar-refractivity contribution in [3.8, 4) is 5.75 Å². The van der Waals surface area contributed by atoms with Crippen LogP contribution in [0.1, 0.15) is 21.5 Å². The molecule has 0 aromatic heterocycles. The maximum Gasteiger partial charge on any atom is 0.251 e. The average molecular weight is 440 g/mol. The molecule has 0 atom stereocenters. The summed E-state index contributed by atoms with van der Waals surface area (Å²) in [6.07, 6.45) is 1.52. The lowest BCUT2D eigenvalue weighted by molar-refractivity contribution is -0.127. The van der Waals surface area contributed by atoms with E-state index in [4.69, 9.17) is 4.74 Å².